The molecule has 0 saturated carbocycles. The van der Waals surface area contributed by atoms with Gasteiger partial charge < -0.3 is 15.5 Å². The number of nitrogens with one attached hydrogen (secondary N) is 1. The lowest BCUT2D eigenvalue weighted by Crippen LogP contribution is -2.25. The summed E-state index contributed by atoms with van der Waals surface area (Å²) >= 11 is 0. The second-order valence-corrected chi connectivity index (χ2v) is 4.81. The molecule has 0 fully saturated rings. The summed E-state index contributed by atoms with van der Waals surface area (Å²) in [5.74, 6) is 0.721. The third kappa shape index (κ3) is 2.48. The fourth-order valence-electron chi connectivity index (χ4n) is 2.01. The first-order valence-electron chi connectivity index (χ1n) is 6.54. The Kier molecular flexibility index (Phi) is 3.35. The molecular weight excluding hydrogens is 252 g/mol. The first-order valence-corrected chi connectivity index (χ1v) is 6.54. The Morgan fingerprint density at radius 3 is 2.80 bits per heavy atom. The van der Waals surface area contributed by atoms with Crippen molar-refractivity contribution in [3.63, 3.8) is 0 Å². The average Bonchev–Trinajstić information content (AvgIpc) is 2.89. The number of para-hydroxylation sites is 1. The molecule has 1 atom stereocenters. The maximum Gasteiger partial charge on any atom is 0.148 e. The molecule has 1 unspecified atom stereocenters. The molecule has 0 radical (unpaired) electrons. The summed E-state index contributed by atoms with van der Waals surface area (Å²) in [4.78, 5) is 0. The van der Waals surface area contributed by atoms with Gasteiger partial charge >= 0.3 is 0 Å². The lowest BCUT2D eigenvalue weighted by Gasteiger charge is -2.07. The van der Waals surface area contributed by atoms with Gasteiger partial charge in [0.05, 0.1) is 5.69 Å². The predicted molar refractivity (Wildman–Crippen MR) is 79.4 cm³/mol. The molecule has 20 heavy (non-hydrogen) atoms. The van der Waals surface area contributed by atoms with E-state index in [0.29, 0.717) is 6.54 Å². The maximum absolute atomic E-state index is 5.69. The van der Waals surface area contributed by atoms with Crippen molar-refractivity contribution < 1.29 is 4.42 Å². The summed E-state index contributed by atoms with van der Waals surface area (Å²) in [6.45, 7) is 2.61. The van der Waals surface area contributed by atoms with Crippen LogP contribution in [0.3, 0.4) is 0 Å². The standard InChI is InChI=1S/C15H16N4O/c1-10(16)8-17-15-7-6-13(18-19-15)12-9-20-14-5-3-2-4-11(12)14/h2-7,9-10H,8,16H2,1H3,(H,17,19). The van der Waals surface area contributed by atoms with Crippen LogP contribution in [0.25, 0.3) is 22.2 Å². The van der Waals surface area contributed by atoms with Crippen LogP contribution in [0.4, 0.5) is 5.82 Å². The number of hydrogen-bond acceptors (Lipinski definition) is 5. The number of hydrogen-bond donors (Lipinski definition) is 2. The number of aromatic nitrogens is 2. The lowest BCUT2D eigenvalue weighted by atomic mass is 10.1. The summed E-state index contributed by atoms with van der Waals surface area (Å²) in [5, 5.41) is 12.6. The molecule has 0 amide bonds. The minimum atomic E-state index is 0.0780. The zero-order valence-electron chi connectivity index (χ0n) is 11.2. The molecule has 0 spiro atoms. The second kappa shape index (κ2) is 5.30. The smallest absolute Gasteiger partial charge is 0.148 e. The molecule has 0 saturated heterocycles. The van der Waals surface area contributed by atoms with E-state index in [1.165, 1.54) is 0 Å². The van der Waals surface area contributed by atoms with Gasteiger partial charge in [0.2, 0.25) is 0 Å². The number of nitrogens with zero attached hydrogens (tertiary/aromatic N) is 2. The van der Waals surface area contributed by atoms with Crippen LogP contribution in [0.15, 0.2) is 47.1 Å². The monoisotopic (exact) mass is 268 g/mol. The van der Waals surface area contributed by atoms with Gasteiger partial charge in [-0.2, -0.15) is 0 Å². The molecule has 5 heteroatoms. The maximum atomic E-state index is 5.69. The minimum Gasteiger partial charge on any atom is -0.464 e. The Labute approximate surface area is 116 Å². The fourth-order valence-corrected chi connectivity index (χ4v) is 2.01. The van der Waals surface area contributed by atoms with Crippen LogP contribution in [-0.4, -0.2) is 22.8 Å². The molecule has 5 nitrogen and oxygen atoms in total. The molecule has 2 heterocycles. The molecule has 0 aliphatic heterocycles. The van der Waals surface area contributed by atoms with Crippen molar-refractivity contribution in [2.75, 3.05) is 11.9 Å². The van der Waals surface area contributed by atoms with Crippen molar-refractivity contribution in [2.24, 2.45) is 5.73 Å². The Morgan fingerprint density at radius 1 is 1.20 bits per heavy atom. The molecule has 2 aromatic heterocycles. The van der Waals surface area contributed by atoms with Gasteiger partial charge in [0.1, 0.15) is 17.7 Å². The minimum absolute atomic E-state index is 0.0780. The molecule has 3 N–H and O–H groups in total. The average molecular weight is 268 g/mol. The van der Waals surface area contributed by atoms with Crippen molar-refractivity contribution >= 4 is 16.8 Å². The highest BCUT2D eigenvalue weighted by Crippen LogP contribution is 2.28. The first-order chi connectivity index (χ1) is 9.74. The number of anilines is 1. The zero-order chi connectivity index (χ0) is 13.9. The van der Waals surface area contributed by atoms with E-state index in [4.69, 9.17) is 10.2 Å². The zero-order valence-corrected chi connectivity index (χ0v) is 11.2. The van der Waals surface area contributed by atoms with Crippen LogP contribution in [0.1, 0.15) is 6.92 Å². The molecule has 0 aliphatic rings. The van der Waals surface area contributed by atoms with E-state index in [-0.39, 0.29) is 6.04 Å². The van der Waals surface area contributed by atoms with Crippen molar-refractivity contribution in [3.8, 4) is 11.3 Å². The van der Waals surface area contributed by atoms with Gasteiger partial charge in [-0.25, -0.2) is 0 Å². The summed E-state index contributed by atoms with van der Waals surface area (Å²) < 4.78 is 5.51. The van der Waals surface area contributed by atoms with E-state index in [0.717, 1.165) is 28.0 Å². The van der Waals surface area contributed by atoms with Crippen LogP contribution in [0.2, 0.25) is 0 Å². The Hall–Kier alpha value is -2.40. The normalized spacial score (nSPS) is 12.5. The van der Waals surface area contributed by atoms with E-state index in [9.17, 15) is 0 Å². The number of fused-ring (bicyclic) bond motifs is 1. The van der Waals surface area contributed by atoms with Gasteiger partial charge in [0.15, 0.2) is 0 Å². The van der Waals surface area contributed by atoms with Crippen molar-refractivity contribution in [3.05, 3.63) is 42.7 Å². The highest BCUT2D eigenvalue weighted by molar-refractivity contribution is 5.92. The Balaban J connectivity index is 1.87. The van der Waals surface area contributed by atoms with Crippen molar-refractivity contribution in [1.29, 1.82) is 0 Å². The van der Waals surface area contributed by atoms with Crippen LogP contribution < -0.4 is 11.1 Å². The Bertz CT molecular complexity index is 703. The quantitative estimate of drug-likeness (QED) is 0.760. The topological polar surface area (TPSA) is 77.0 Å². The van der Waals surface area contributed by atoms with E-state index >= 15 is 0 Å². The largest absolute Gasteiger partial charge is 0.464 e. The second-order valence-electron chi connectivity index (χ2n) is 4.81. The number of nitrogens with two attached hydrogens (primary N) is 1. The van der Waals surface area contributed by atoms with Gasteiger partial charge in [0.25, 0.3) is 0 Å². The van der Waals surface area contributed by atoms with Gasteiger partial charge in [-0.05, 0) is 25.1 Å². The van der Waals surface area contributed by atoms with Gasteiger partial charge in [0, 0.05) is 23.5 Å². The Morgan fingerprint density at radius 2 is 2.05 bits per heavy atom. The molecule has 0 aliphatic carbocycles. The van der Waals surface area contributed by atoms with Gasteiger partial charge in [-0.15, -0.1) is 10.2 Å². The van der Waals surface area contributed by atoms with Gasteiger partial charge in [-0.1, -0.05) is 18.2 Å². The highest BCUT2D eigenvalue weighted by Gasteiger charge is 2.09. The lowest BCUT2D eigenvalue weighted by molar-refractivity contribution is 0.616. The third-order valence-electron chi connectivity index (χ3n) is 3.03. The van der Waals surface area contributed by atoms with E-state index in [1.54, 1.807) is 6.26 Å². The predicted octanol–water partition coefficient (Wildman–Crippen LogP) is 2.65. The molecule has 3 aromatic rings. The number of rotatable bonds is 4. The SMILES string of the molecule is CC(N)CNc1ccc(-c2coc3ccccc23)nn1. The van der Waals surface area contributed by atoms with Crippen molar-refractivity contribution in [1.82, 2.24) is 10.2 Å². The summed E-state index contributed by atoms with van der Waals surface area (Å²) in [5.41, 5.74) is 8.28. The summed E-state index contributed by atoms with van der Waals surface area (Å²) in [6.07, 6.45) is 1.71. The molecule has 3 rings (SSSR count). The van der Waals surface area contributed by atoms with E-state index in [1.807, 2.05) is 43.3 Å². The van der Waals surface area contributed by atoms with Crippen molar-refractivity contribution in [2.45, 2.75) is 13.0 Å². The molecule has 1 aromatic carbocycles. The summed E-state index contributed by atoms with van der Waals surface area (Å²) in [6, 6.07) is 11.8. The molecule has 0 bridgehead atoms. The fraction of sp³-hybridized carbons (Fsp3) is 0.200. The van der Waals surface area contributed by atoms with E-state index < -0.39 is 0 Å². The van der Waals surface area contributed by atoms with Gasteiger partial charge in [-0.3, -0.25) is 0 Å². The van der Waals surface area contributed by atoms with Crippen LogP contribution in [0.5, 0.6) is 0 Å². The highest BCUT2D eigenvalue weighted by atomic mass is 16.3. The van der Waals surface area contributed by atoms with E-state index in [2.05, 4.69) is 15.5 Å². The van der Waals surface area contributed by atoms with Crippen LogP contribution >= 0.6 is 0 Å². The number of furan rings is 1. The number of benzene rings is 1. The third-order valence-corrected chi connectivity index (χ3v) is 3.03. The first kappa shape index (κ1) is 12.6. The van der Waals surface area contributed by atoms with Crippen LogP contribution in [-0.2, 0) is 0 Å². The summed E-state index contributed by atoms with van der Waals surface area (Å²) in [7, 11) is 0. The van der Waals surface area contributed by atoms with Crippen LogP contribution in [0, 0.1) is 0 Å². The molecule has 102 valence electrons. The molecular formula is C15H16N4O.